The molecule has 5 heteroatoms. The van der Waals surface area contributed by atoms with E-state index in [0.717, 1.165) is 25.9 Å². The van der Waals surface area contributed by atoms with Crippen molar-refractivity contribution in [3.63, 3.8) is 0 Å². The van der Waals surface area contributed by atoms with Gasteiger partial charge in [-0.15, -0.1) is 0 Å². The second kappa shape index (κ2) is 7.36. The molecule has 0 spiro atoms. The van der Waals surface area contributed by atoms with Gasteiger partial charge >= 0.3 is 0 Å². The maximum atomic E-state index is 12.2. The summed E-state index contributed by atoms with van der Waals surface area (Å²) in [6.45, 7) is 7.06. The van der Waals surface area contributed by atoms with Gasteiger partial charge in [0.25, 0.3) is 0 Å². The van der Waals surface area contributed by atoms with Crippen LogP contribution in [-0.4, -0.2) is 54.3 Å². The van der Waals surface area contributed by atoms with Gasteiger partial charge in [0.05, 0.1) is 5.92 Å². The number of carbonyl (C=O) groups is 2. The number of hydrogen-bond donors (Lipinski definition) is 1. The molecule has 1 aliphatic heterocycles. The number of carbonyl (C=O) groups excluding carboxylic acids is 2. The Kier molecular flexibility index (Phi) is 6.12. The van der Waals surface area contributed by atoms with Crippen LogP contribution in [0, 0.1) is 5.92 Å². The van der Waals surface area contributed by atoms with E-state index in [1.54, 1.807) is 0 Å². The minimum Gasteiger partial charge on any atom is -0.341 e. The summed E-state index contributed by atoms with van der Waals surface area (Å²) in [6, 6.07) is 0. The van der Waals surface area contributed by atoms with Crippen molar-refractivity contribution in [2.75, 3.05) is 32.7 Å². The van der Waals surface area contributed by atoms with E-state index in [9.17, 15) is 9.59 Å². The lowest BCUT2D eigenvalue weighted by Crippen LogP contribution is -2.41. The molecule has 0 radical (unpaired) electrons. The Morgan fingerprint density at radius 2 is 1.72 bits per heavy atom. The molecule has 0 saturated carbocycles. The number of hydrogen-bond acceptors (Lipinski definition) is 3. The number of rotatable bonds is 4. The molecule has 5 nitrogen and oxygen atoms in total. The van der Waals surface area contributed by atoms with Gasteiger partial charge in [-0.3, -0.25) is 9.59 Å². The molecule has 1 heterocycles. The fourth-order valence-electron chi connectivity index (χ4n) is 2.31. The lowest BCUT2D eigenvalue weighted by molar-refractivity contribution is -0.136. The first-order chi connectivity index (χ1) is 8.63. The molecule has 1 unspecified atom stereocenters. The minimum absolute atomic E-state index is 0.0709. The van der Waals surface area contributed by atoms with Gasteiger partial charge in [0.1, 0.15) is 0 Å². The Morgan fingerprint density at radius 1 is 1.11 bits per heavy atom. The molecule has 2 amide bonds. The van der Waals surface area contributed by atoms with Crippen LogP contribution in [0.4, 0.5) is 0 Å². The van der Waals surface area contributed by atoms with Crippen LogP contribution in [0.25, 0.3) is 0 Å². The molecule has 0 bridgehead atoms. The Labute approximate surface area is 109 Å². The summed E-state index contributed by atoms with van der Waals surface area (Å²) in [7, 11) is 0. The first-order valence-corrected chi connectivity index (χ1v) is 6.90. The Bertz CT molecular complexity index is 290. The number of amides is 2. The Balaban J connectivity index is 2.56. The van der Waals surface area contributed by atoms with Crippen LogP contribution in [0.2, 0.25) is 0 Å². The van der Waals surface area contributed by atoms with E-state index >= 15 is 0 Å². The van der Waals surface area contributed by atoms with Crippen LogP contribution in [0.1, 0.15) is 33.1 Å². The van der Waals surface area contributed by atoms with E-state index in [1.165, 1.54) is 0 Å². The highest BCUT2D eigenvalue weighted by Gasteiger charge is 2.25. The van der Waals surface area contributed by atoms with Crippen molar-refractivity contribution in [3.05, 3.63) is 0 Å². The highest BCUT2D eigenvalue weighted by atomic mass is 16.2. The van der Waals surface area contributed by atoms with E-state index in [2.05, 4.69) is 0 Å². The zero-order chi connectivity index (χ0) is 13.5. The van der Waals surface area contributed by atoms with Gasteiger partial charge in [-0.2, -0.15) is 0 Å². The zero-order valence-corrected chi connectivity index (χ0v) is 11.5. The smallest absolute Gasteiger partial charge is 0.227 e. The van der Waals surface area contributed by atoms with Gasteiger partial charge in [-0.05, 0) is 12.8 Å². The summed E-state index contributed by atoms with van der Waals surface area (Å²) >= 11 is 0. The van der Waals surface area contributed by atoms with Gasteiger partial charge < -0.3 is 15.5 Å². The van der Waals surface area contributed by atoms with Crippen molar-refractivity contribution in [2.24, 2.45) is 11.7 Å². The second-order valence-electron chi connectivity index (χ2n) is 4.75. The predicted octanol–water partition coefficient (Wildman–Crippen LogP) is 0.442. The highest BCUT2D eigenvalue weighted by molar-refractivity contribution is 5.79. The van der Waals surface area contributed by atoms with E-state index in [0.29, 0.717) is 26.1 Å². The van der Waals surface area contributed by atoms with E-state index in [1.807, 2.05) is 23.6 Å². The SMILES string of the molecule is CCC(=O)N1CCCN(C(=O)C(CC)CN)CC1. The van der Waals surface area contributed by atoms with Crippen LogP contribution in [0.5, 0.6) is 0 Å². The zero-order valence-electron chi connectivity index (χ0n) is 11.5. The fourth-order valence-corrected chi connectivity index (χ4v) is 2.31. The molecule has 104 valence electrons. The van der Waals surface area contributed by atoms with Crippen LogP contribution >= 0.6 is 0 Å². The normalized spacial score (nSPS) is 18.4. The fraction of sp³-hybridized carbons (Fsp3) is 0.846. The molecule has 0 aliphatic carbocycles. The highest BCUT2D eigenvalue weighted by Crippen LogP contribution is 2.11. The van der Waals surface area contributed by atoms with Crippen LogP contribution < -0.4 is 5.73 Å². The molecular weight excluding hydrogens is 230 g/mol. The van der Waals surface area contributed by atoms with Gasteiger partial charge in [-0.1, -0.05) is 13.8 Å². The standard InChI is InChI=1S/C13H25N3O2/c1-3-11(10-14)13(18)16-7-5-6-15(8-9-16)12(17)4-2/h11H,3-10,14H2,1-2H3. The van der Waals surface area contributed by atoms with Crippen LogP contribution in [0.15, 0.2) is 0 Å². The van der Waals surface area contributed by atoms with Crippen molar-refractivity contribution in [2.45, 2.75) is 33.1 Å². The Hall–Kier alpha value is -1.10. The molecule has 0 aromatic carbocycles. The number of nitrogens with zero attached hydrogens (tertiary/aromatic N) is 2. The summed E-state index contributed by atoms with van der Waals surface area (Å²) in [5, 5.41) is 0. The largest absolute Gasteiger partial charge is 0.341 e. The lowest BCUT2D eigenvalue weighted by Gasteiger charge is -2.25. The molecule has 2 N–H and O–H groups in total. The summed E-state index contributed by atoms with van der Waals surface area (Å²) in [5.74, 6) is 0.249. The van der Waals surface area contributed by atoms with E-state index < -0.39 is 0 Å². The molecule has 0 aromatic rings. The van der Waals surface area contributed by atoms with Gasteiger partial charge in [0, 0.05) is 39.1 Å². The second-order valence-corrected chi connectivity index (χ2v) is 4.75. The molecule has 1 fully saturated rings. The van der Waals surface area contributed by atoms with Gasteiger partial charge in [-0.25, -0.2) is 0 Å². The third-order valence-corrected chi connectivity index (χ3v) is 3.59. The summed E-state index contributed by atoms with van der Waals surface area (Å²) in [6.07, 6.45) is 2.18. The van der Waals surface area contributed by atoms with Crippen molar-refractivity contribution in [1.29, 1.82) is 0 Å². The average molecular weight is 255 g/mol. The van der Waals surface area contributed by atoms with Crippen molar-refractivity contribution in [3.8, 4) is 0 Å². The summed E-state index contributed by atoms with van der Waals surface area (Å²) in [5.41, 5.74) is 5.61. The van der Waals surface area contributed by atoms with Gasteiger partial charge in [0.15, 0.2) is 0 Å². The van der Waals surface area contributed by atoms with E-state index in [4.69, 9.17) is 5.73 Å². The predicted molar refractivity (Wildman–Crippen MR) is 70.9 cm³/mol. The van der Waals surface area contributed by atoms with Crippen molar-refractivity contribution in [1.82, 2.24) is 9.80 Å². The van der Waals surface area contributed by atoms with Crippen LogP contribution in [0.3, 0.4) is 0 Å². The number of nitrogens with two attached hydrogens (primary N) is 1. The van der Waals surface area contributed by atoms with E-state index in [-0.39, 0.29) is 17.7 Å². The molecular formula is C13H25N3O2. The van der Waals surface area contributed by atoms with Crippen molar-refractivity contribution < 1.29 is 9.59 Å². The third kappa shape index (κ3) is 3.70. The maximum Gasteiger partial charge on any atom is 0.227 e. The quantitative estimate of drug-likeness (QED) is 0.793. The van der Waals surface area contributed by atoms with Crippen molar-refractivity contribution >= 4 is 11.8 Å². The monoisotopic (exact) mass is 255 g/mol. The summed E-state index contributed by atoms with van der Waals surface area (Å²) in [4.78, 5) is 27.6. The third-order valence-electron chi connectivity index (χ3n) is 3.59. The summed E-state index contributed by atoms with van der Waals surface area (Å²) < 4.78 is 0. The first kappa shape index (κ1) is 15.0. The average Bonchev–Trinajstić information content (AvgIpc) is 2.64. The molecule has 18 heavy (non-hydrogen) atoms. The lowest BCUT2D eigenvalue weighted by atomic mass is 10.1. The molecule has 1 atom stereocenters. The molecule has 0 aromatic heterocycles. The Morgan fingerprint density at radius 3 is 2.28 bits per heavy atom. The minimum atomic E-state index is -0.0709. The molecule has 1 rings (SSSR count). The topological polar surface area (TPSA) is 66.6 Å². The first-order valence-electron chi connectivity index (χ1n) is 6.90. The maximum absolute atomic E-state index is 12.2. The molecule has 1 saturated heterocycles. The molecule has 1 aliphatic rings. The van der Waals surface area contributed by atoms with Gasteiger partial charge in [0.2, 0.25) is 11.8 Å². The van der Waals surface area contributed by atoms with Crippen LogP contribution in [-0.2, 0) is 9.59 Å².